The first-order chi connectivity index (χ1) is 9.81. The van der Waals surface area contributed by atoms with Gasteiger partial charge in [-0.3, -0.25) is 9.69 Å². The molecule has 3 rings (SSSR count). The quantitative estimate of drug-likeness (QED) is 0.737. The van der Waals surface area contributed by atoms with Crippen LogP contribution in [0.5, 0.6) is 0 Å². The van der Waals surface area contributed by atoms with E-state index in [-0.39, 0.29) is 0 Å². The van der Waals surface area contributed by atoms with Gasteiger partial charge in [-0.25, -0.2) is 0 Å². The monoisotopic (exact) mass is 276 g/mol. The molecule has 3 aliphatic rings. The van der Waals surface area contributed by atoms with Gasteiger partial charge in [0, 0.05) is 32.6 Å². The number of carbonyl (C=O) groups is 1. The molecule has 0 aromatic rings. The molecule has 0 aromatic heterocycles. The number of carbonyl (C=O) groups excluding carboxylic acids is 1. The Morgan fingerprint density at radius 3 is 2.80 bits per heavy atom. The number of rotatable bonds is 4. The largest absolute Gasteiger partial charge is 0.342 e. The number of hydrogen-bond acceptors (Lipinski definition) is 2. The van der Waals surface area contributed by atoms with Crippen LogP contribution in [-0.2, 0) is 4.79 Å². The van der Waals surface area contributed by atoms with Gasteiger partial charge in [0.25, 0.3) is 0 Å². The third kappa shape index (κ3) is 3.63. The van der Waals surface area contributed by atoms with E-state index in [2.05, 4.69) is 15.9 Å². The Labute approximate surface area is 123 Å². The first-order valence-corrected chi connectivity index (χ1v) is 8.49. The lowest BCUT2D eigenvalue weighted by Gasteiger charge is -2.35. The molecule has 0 radical (unpaired) electrons. The molecule has 3 nitrogen and oxygen atoms in total. The van der Waals surface area contributed by atoms with Gasteiger partial charge in [0.15, 0.2) is 0 Å². The van der Waals surface area contributed by atoms with Gasteiger partial charge < -0.3 is 4.90 Å². The first kappa shape index (κ1) is 14.1. The third-order valence-corrected chi connectivity index (χ3v) is 5.06. The predicted molar refractivity (Wildman–Crippen MR) is 81.5 cm³/mol. The maximum atomic E-state index is 11.7. The zero-order valence-electron chi connectivity index (χ0n) is 12.6. The van der Waals surface area contributed by atoms with Crippen molar-refractivity contribution in [2.24, 2.45) is 5.92 Å². The molecular weight excluding hydrogens is 248 g/mol. The van der Waals surface area contributed by atoms with Crippen molar-refractivity contribution in [1.29, 1.82) is 0 Å². The summed E-state index contributed by atoms with van der Waals surface area (Å²) in [7, 11) is 0. The van der Waals surface area contributed by atoms with Gasteiger partial charge in [-0.05, 0) is 57.4 Å². The lowest BCUT2D eigenvalue weighted by molar-refractivity contribution is -0.128. The molecule has 0 unspecified atom stereocenters. The molecule has 1 aliphatic carbocycles. The number of nitrogens with zero attached hydrogens (tertiary/aromatic N) is 2. The lowest BCUT2D eigenvalue weighted by atomic mass is 9.95. The highest BCUT2D eigenvalue weighted by Crippen LogP contribution is 2.23. The molecule has 2 aliphatic heterocycles. The third-order valence-electron chi connectivity index (χ3n) is 5.06. The lowest BCUT2D eigenvalue weighted by Crippen LogP contribution is -2.42. The summed E-state index contributed by atoms with van der Waals surface area (Å²) in [5.41, 5.74) is 1.66. The van der Waals surface area contributed by atoms with Crippen molar-refractivity contribution < 1.29 is 4.79 Å². The summed E-state index contributed by atoms with van der Waals surface area (Å²) in [6.07, 6.45) is 12.3. The molecule has 1 atom stereocenters. The van der Waals surface area contributed by atoms with E-state index in [1.807, 2.05) is 0 Å². The Morgan fingerprint density at radius 2 is 2.05 bits per heavy atom. The Kier molecular flexibility index (Phi) is 4.77. The summed E-state index contributed by atoms with van der Waals surface area (Å²) < 4.78 is 0. The second-order valence-electron chi connectivity index (χ2n) is 6.79. The number of allylic oxidation sites excluding steroid dienone is 1. The maximum Gasteiger partial charge on any atom is 0.222 e. The van der Waals surface area contributed by atoms with E-state index in [1.54, 1.807) is 5.57 Å². The van der Waals surface area contributed by atoms with E-state index in [0.717, 1.165) is 25.9 Å². The molecule has 3 heteroatoms. The minimum atomic E-state index is 0.386. The van der Waals surface area contributed by atoms with Crippen LogP contribution in [0.1, 0.15) is 51.4 Å². The fourth-order valence-electron chi connectivity index (χ4n) is 3.99. The van der Waals surface area contributed by atoms with Crippen LogP contribution in [0.25, 0.3) is 0 Å². The van der Waals surface area contributed by atoms with Gasteiger partial charge in [0.2, 0.25) is 5.91 Å². The van der Waals surface area contributed by atoms with Gasteiger partial charge >= 0.3 is 0 Å². The molecule has 0 spiro atoms. The van der Waals surface area contributed by atoms with Gasteiger partial charge in [0.05, 0.1) is 0 Å². The van der Waals surface area contributed by atoms with Crippen LogP contribution < -0.4 is 0 Å². The normalized spacial score (nSPS) is 28.8. The summed E-state index contributed by atoms with van der Waals surface area (Å²) in [6.45, 7) is 5.64. The van der Waals surface area contributed by atoms with Crippen molar-refractivity contribution >= 4 is 5.91 Å². The highest BCUT2D eigenvalue weighted by atomic mass is 16.2. The average Bonchev–Trinajstić information content (AvgIpc) is 2.86. The minimum Gasteiger partial charge on any atom is -0.342 e. The SMILES string of the molecule is O=C1CCCN1C[C@H]1CCCN(CC2=CCCCC2)C1. The molecule has 0 saturated carbocycles. The van der Waals surface area contributed by atoms with Crippen molar-refractivity contribution in [3.8, 4) is 0 Å². The zero-order valence-corrected chi connectivity index (χ0v) is 12.6. The molecule has 112 valence electrons. The van der Waals surface area contributed by atoms with E-state index in [9.17, 15) is 4.79 Å². The molecule has 20 heavy (non-hydrogen) atoms. The van der Waals surface area contributed by atoms with Crippen molar-refractivity contribution in [2.45, 2.75) is 51.4 Å². The Morgan fingerprint density at radius 1 is 1.10 bits per heavy atom. The fourth-order valence-corrected chi connectivity index (χ4v) is 3.99. The second-order valence-corrected chi connectivity index (χ2v) is 6.79. The van der Waals surface area contributed by atoms with Crippen molar-refractivity contribution in [3.63, 3.8) is 0 Å². The summed E-state index contributed by atoms with van der Waals surface area (Å²) in [5, 5.41) is 0. The van der Waals surface area contributed by atoms with Gasteiger partial charge in [-0.15, -0.1) is 0 Å². The number of hydrogen-bond donors (Lipinski definition) is 0. The van der Waals surface area contributed by atoms with Crippen LogP contribution in [0.3, 0.4) is 0 Å². The van der Waals surface area contributed by atoms with E-state index in [0.29, 0.717) is 11.8 Å². The molecule has 2 fully saturated rings. The Hall–Kier alpha value is -0.830. The highest BCUT2D eigenvalue weighted by Gasteiger charge is 2.26. The van der Waals surface area contributed by atoms with E-state index >= 15 is 0 Å². The molecule has 2 saturated heterocycles. The highest BCUT2D eigenvalue weighted by molar-refractivity contribution is 5.78. The van der Waals surface area contributed by atoms with Gasteiger partial charge in [0.1, 0.15) is 0 Å². The van der Waals surface area contributed by atoms with Crippen LogP contribution in [0.2, 0.25) is 0 Å². The van der Waals surface area contributed by atoms with Crippen LogP contribution >= 0.6 is 0 Å². The molecule has 2 heterocycles. The number of amides is 1. The Bertz CT molecular complexity index is 377. The van der Waals surface area contributed by atoms with E-state index < -0.39 is 0 Å². The molecule has 1 amide bonds. The standard InChI is InChI=1S/C17H28N2O/c20-17-9-5-11-19(17)14-16-8-4-10-18(13-16)12-15-6-2-1-3-7-15/h6,16H,1-5,7-14H2/t16-/m0/s1. The maximum absolute atomic E-state index is 11.7. The average molecular weight is 276 g/mol. The zero-order chi connectivity index (χ0) is 13.8. The molecule has 0 bridgehead atoms. The van der Waals surface area contributed by atoms with Gasteiger partial charge in [-0.2, -0.15) is 0 Å². The van der Waals surface area contributed by atoms with Crippen LogP contribution in [0, 0.1) is 5.92 Å². The first-order valence-electron chi connectivity index (χ1n) is 8.49. The van der Waals surface area contributed by atoms with Crippen molar-refractivity contribution in [3.05, 3.63) is 11.6 Å². The summed E-state index contributed by atoms with van der Waals surface area (Å²) in [6, 6.07) is 0. The molecule has 0 aromatic carbocycles. The van der Waals surface area contributed by atoms with Crippen LogP contribution in [0.15, 0.2) is 11.6 Å². The van der Waals surface area contributed by atoms with Crippen LogP contribution in [-0.4, -0.2) is 48.4 Å². The fraction of sp³-hybridized carbons (Fsp3) is 0.824. The van der Waals surface area contributed by atoms with E-state index in [4.69, 9.17) is 0 Å². The smallest absolute Gasteiger partial charge is 0.222 e. The minimum absolute atomic E-state index is 0.386. The molecular formula is C17H28N2O. The van der Waals surface area contributed by atoms with Crippen LogP contribution in [0.4, 0.5) is 0 Å². The summed E-state index contributed by atoms with van der Waals surface area (Å²) in [5.74, 6) is 1.09. The number of likely N-dealkylation sites (tertiary alicyclic amines) is 2. The predicted octanol–water partition coefficient (Wildman–Crippen LogP) is 2.82. The topological polar surface area (TPSA) is 23.6 Å². The van der Waals surface area contributed by atoms with Gasteiger partial charge in [-0.1, -0.05) is 11.6 Å². The summed E-state index contributed by atoms with van der Waals surface area (Å²) in [4.78, 5) is 16.5. The van der Waals surface area contributed by atoms with Crippen molar-refractivity contribution in [1.82, 2.24) is 9.80 Å². The van der Waals surface area contributed by atoms with E-state index in [1.165, 1.54) is 58.2 Å². The molecule has 0 N–H and O–H groups in total. The summed E-state index contributed by atoms with van der Waals surface area (Å²) >= 11 is 0. The second kappa shape index (κ2) is 6.75. The Balaban J connectivity index is 1.48. The number of piperidine rings is 1. The van der Waals surface area contributed by atoms with Crippen molar-refractivity contribution in [2.75, 3.05) is 32.7 Å².